The fourth-order valence-electron chi connectivity index (χ4n) is 2.10. The van der Waals surface area contributed by atoms with Gasteiger partial charge in [-0.05, 0) is 38.1 Å². The van der Waals surface area contributed by atoms with Crippen molar-refractivity contribution in [2.24, 2.45) is 10.8 Å². The molecule has 1 aromatic heterocycles. The Labute approximate surface area is 122 Å². The topological polar surface area (TPSA) is 72.4 Å². The Morgan fingerprint density at radius 3 is 2.80 bits per heavy atom. The molecule has 2 aromatic rings. The Morgan fingerprint density at radius 1 is 1.40 bits per heavy atom. The molecule has 104 valence electrons. The molecule has 0 saturated heterocycles. The van der Waals surface area contributed by atoms with E-state index in [0.29, 0.717) is 5.02 Å². The number of primary amides is 1. The minimum atomic E-state index is -0.690. The number of nitrogens with one attached hydrogen (secondary N) is 1. The number of aryl methyl sites for hydroxylation is 1. The zero-order valence-electron chi connectivity index (χ0n) is 11.2. The normalized spacial score (nSPS) is 10.9. The van der Waals surface area contributed by atoms with Gasteiger partial charge in [-0.3, -0.25) is 0 Å². The van der Waals surface area contributed by atoms with E-state index in [-0.39, 0.29) is 0 Å². The summed E-state index contributed by atoms with van der Waals surface area (Å²) >= 11 is 6.02. The van der Waals surface area contributed by atoms with Crippen LogP contribution < -0.4 is 11.2 Å². The molecule has 2 rings (SSSR count). The number of hydrogen-bond acceptors (Lipinski definition) is 2. The third-order valence-corrected chi connectivity index (χ3v) is 3.15. The number of benzene rings is 1. The van der Waals surface area contributed by atoms with Gasteiger partial charge in [-0.15, -0.1) is 0 Å². The molecule has 2 amide bonds. The van der Waals surface area contributed by atoms with Crippen molar-refractivity contribution in [1.82, 2.24) is 9.99 Å². The number of nitrogens with two attached hydrogens (primary N) is 1. The summed E-state index contributed by atoms with van der Waals surface area (Å²) in [7, 11) is 0. The first-order chi connectivity index (χ1) is 9.49. The second-order valence-electron chi connectivity index (χ2n) is 4.38. The van der Waals surface area contributed by atoms with Crippen LogP contribution in [0.2, 0.25) is 5.02 Å². The first-order valence-electron chi connectivity index (χ1n) is 6.02. The molecule has 0 fully saturated rings. The van der Waals surface area contributed by atoms with Crippen LogP contribution in [0.5, 0.6) is 0 Å². The molecular formula is C14H15ClN4O. The lowest BCUT2D eigenvalue weighted by Crippen LogP contribution is -2.24. The standard InChI is InChI=1S/C14H15ClN4O/c1-9-6-11(8-17-18-14(16)20)10(2)19(9)13-5-3-4-12(15)7-13/h3-8H,1-2H3,(H3,16,18,20)/b17-8+. The Balaban J connectivity index is 2.39. The Bertz CT molecular complexity index is 676. The van der Waals surface area contributed by atoms with Gasteiger partial charge in [-0.2, -0.15) is 5.10 Å². The second kappa shape index (κ2) is 5.79. The third kappa shape index (κ3) is 3.00. The zero-order valence-corrected chi connectivity index (χ0v) is 12.0. The number of carbonyl (C=O) groups excluding carboxylic acids is 1. The lowest BCUT2D eigenvalue weighted by molar-refractivity contribution is 0.249. The maximum atomic E-state index is 10.6. The van der Waals surface area contributed by atoms with Gasteiger partial charge in [0.2, 0.25) is 0 Å². The van der Waals surface area contributed by atoms with E-state index >= 15 is 0 Å². The number of nitrogens with zero attached hydrogens (tertiary/aromatic N) is 2. The number of hydrazone groups is 1. The van der Waals surface area contributed by atoms with E-state index < -0.39 is 6.03 Å². The van der Waals surface area contributed by atoms with E-state index in [9.17, 15) is 4.79 Å². The first kappa shape index (κ1) is 14.1. The van der Waals surface area contributed by atoms with Crippen molar-refractivity contribution in [3.63, 3.8) is 0 Å². The van der Waals surface area contributed by atoms with E-state index in [1.807, 2.05) is 44.2 Å². The molecule has 0 spiro atoms. The van der Waals surface area contributed by atoms with Crippen molar-refractivity contribution in [3.8, 4) is 5.69 Å². The van der Waals surface area contributed by atoms with E-state index in [1.54, 1.807) is 6.21 Å². The van der Waals surface area contributed by atoms with Crippen LogP contribution in [0.4, 0.5) is 4.79 Å². The van der Waals surface area contributed by atoms with E-state index in [0.717, 1.165) is 22.6 Å². The zero-order chi connectivity index (χ0) is 14.7. The van der Waals surface area contributed by atoms with Crippen molar-refractivity contribution in [3.05, 3.63) is 52.3 Å². The van der Waals surface area contributed by atoms with Crippen molar-refractivity contribution >= 4 is 23.8 Å². The quantitative estimate of drug-likeness (QED) is 0.662. The van der Waals surface area contributed by atoms with Gasteiger partial charge in [0.1, 0.15) is 0 Å². The summed E-state index contributed by atoms with van der Waals surface area (Å²) in [6, 6.07) is 8.89. The summed E-state index contributed by atoms with van der Waals surface area (Å²) in [5.41, 5.74) is 11.1. The first-order valence-corrected chi connectivity index (χ1v) is 6.40. The van der Waals surface area contributed by atoms with Crippen LogP contribution in [-0.4, -0.2) is 16.8 Å². The molecule has 1 aromatic carbocycles. The van der Waals surface area contributed by atoms with Crippen molar-refractivity contribution in [2.45, 2.75) is 13.8 Å². The predicted molar refractivity (Wildman–Crippen MR) is 80.6 cm³/mol. The van der Waals surface area contributed by atoms with E-state index in [4.69, 9.17) is 17.3 Å². The fraction of sp³-hybridized carbons (Fsp3) is 0.143. The van der Waals surface area contributed by atoms with Gasteiger partial charge < -0.3 is 10.3 Å². The maximum absolute atomic E-state index is 10.6. The number of hydrogen-bond donors (Lipinski definition) is 2. The molecule has 0 aliphatic heterocycles. The summed E-state index contributed by atoms with van der Waals surface area (Å²) in [6.45, 7) is 3.96. The van der Waals surface area contributed by atoms with Crippen LogP contribution in [0.3, 0.4) is 0 Å². The molecule has 0 atom stereocenters. The highest BCUT2D eigenvalue weighted by molar-refractivity contribution is 6.30. The number of amides is 2. The molecule has 0 aliphatic rings. The molecule has 0 radical (unpaired) electrons. The van der Waals surface area contributed by atoms with E-state index in [2.05, 4.69) is 15.1 Å². The van der Waals surface area contributed by atoms with Gasteiger partial charge in [-0.25, -0.2) is 10.2 Å². The van der Waals surface area contributed by atoms with Gasteiger partial charge in [-0.1, -0.05) is 17.7 Å². The molecular weight excluding hydrogens is 276 g/mol. The lowest BCUT2D eigenvalue weighted by atomic mass is 10.2. The largest absolute Gasteiger partial charge is 0.350 e. The molecule has 0 bridgehead atoms. The average molecular weight is 291 g/mol. The highest BCUT2D eigenvalue weighted by Crippen LogP contribution is 2.22. The maximum Gasteiger partial charge on any atom is 0.332 e. The van der Waals surface area contributed by atoms with Gasteiger partial charge >= 0.3 is 6.03 Å². The smallest absolute Gasteiger partial charge is 0.332 e. The van der Waals surface area contributed by atoms with Crippen LogP contribution in [0.1, 0.15) is 17.0 Å². The average Bonchev–Trinajstić information content (AvgIpc) is 2.64. The number of halogens is 1. The molecule has 3 N–H and O–H groups in total. The summed E-state index contributed by atoms with van der Waals surface area (Å²) in [4.78, 5) is 10.6. The highest BCUT2D eigenvalue weighted by atomic mass is 35.5. The Hall–Kier alpha value is -2.27. The second-order valence-corrected chi connectivity index (χ2v) is 4.81. The van der Waals surface area contributed by atoms with Crippen molar-refractivity contribution < 1.29 is 4.79 Å². The van der Waals surface area contributed by atoms with Crippen LogP contribution in [-0.2, 0) is 0 Å². The molecule has 20 heavy (non-hydrogen) atoms. The minimum Gasteiger partial charge on any atom is -0.350 e. The molecule has 0 unspecified atom stereocenters. The molecule has 6 heteroatoms. The van der Waals surface area contributed by atoms with Gasteiger partial charge in [0.05, 0.1) is 6.21 Å². The summed E-state index contributed by atoms with van der Waals surface area (Å²) in [5.74, 6) is 0. The number of aromatic nitrogens is 1. The van der Waals surface area contributed by atoms with Crippen LogP contribution in [0.15, 0.2) is 35.4 Å². The number of carbonyl (C=O) groups is 1. The molecule has 1 heterocycles. The third-order valence-electron chi connectivity index (χ3n) is 2.92. The van der Waals surface area contributed by atoms with Crippen LogP contribution in [0.25, 0.3) is 5.69 Å². The molecule has 0 saturated carbocycles. The van der Waals surface area contributed by atoms with Crippen LogP contribution in [0, 0.1) is 13.8 Å². The Morgan fingerprint density at radius 2 is 2.15 bits per heavy atom. The van der Waals surface area contributed by atoms with Gasteiger partial charge in [0, 0.05) is 27.7 Å². The summed E-state index contributed by atoms with van der Waals surface area (Å²) in [5, 5.41) is 4.46. The summed E-state index contributed by atoms with van der Waals surface area (Å²) in [6.07, 6.45) is 1.56. The van der Waals surface area contributed by atoms with Crippen LogP contribution >= 0.6 is 11.6 Å². The Kier molecular flexibility index (Phi) is 4.10. The van der Waals surface area contributed by atoms with Crippen molar-refractivity contribution in [2.75, 3.05) is 0 Å². The van der Waals surface area contributed by atoms with Gasteiger partial charge in [0.25, 0.3) is 0 Å². The minimum absolute atomic E-state index is 0.681. The molecule has 5 nitrogen and oxygen atoms in total. The predicted octanol–water partition coefficient (Wildman–Crippen LogP) is 2.75. The van der Waals surface area contributed by atoms with E-state index in [1.165, 1.54) is 0 Å². The monoisotopic (exact) mass is 290 g/mol. The highest BCUT2D eigenvalue weighted by Gasteiger charge is 2.09. The SMILES string of the molecule is Cc1cc(/C=N/NC(N)=O)c(C)n1-c1cccc(Cl)c1. The number of rotatable bonds is 3. The number of urea groups is 1. The van der Waals surface area contributed by atoms with Crippen molar-refractivity contribution in [1.29, 1.82) is 0 Å². The summed E-state index contributed by atoms with van der Waals surface area (Å²) < 4.78 is 2.07. The lowest BCUT2D eigenvalue weighted by Gasteiger charge is -2.09. The fourth-order valence-corrected chi connectivity index (χ4v) is 2.28. The molecule has 0 aliphatic carbocycles. The van der Waals surface area contributed by atoms with Gasteiger partial charge in [0.15, 0.2) is 0 Å².